The number of carboxylic acids is 1. The minimum absolute atomic E-state index is 0.0109. The summed E-state index contributed by atoms with van der Waals surface area (Å²) < 4.78 is 0. The van der Waals surface area contributed by atoms with Crippen LogP contribution in [0, 0.1) is 17.8 Å². The van der Waals surface area contributed by atoms with Gasteiger partial charge in [-0.05, 0) is 57.3 Å². The van der Waals surface area contributed by atoms with Crippen LogP contribution in [0.3, 0.4) is 0 Å². The molecule has 0 spiro atoms. The number of allylic oxidation sites excluding steroid dienone is 3. The Morgan fingerprint density at radius 1 is 0.736 bits per heavy atom. The molecule has 9 amide bonds. The molecular formula is C51H83N9O12. The molecule has 0 aliphatic carbocycles. The van der Waals surface area contributed by atoms with Gasteiger partial charge in [-0.15, -0.1) is 0 Å². The van der Waals surface area contributed by atoms with Crippen LogP contribution in [0.25, 0.3) is 0 Å². The third kappa shape index (κ3) is 26.7. The van der Waals surface area contributed by atoms with Crippen molar-refractivity contribution in [1.82, 2.24) is 47.9 Å². The molecule has 0 fully saturated rings. The summed E-state index contributed by atoms with van der Waals surface area (Å²) in [4.78, 5) is 111. The number of carbonyl (C=O) groups excluding carboxylic acids is 8. The molecule has 0 saturated heterocycles. The highest BCUT2D eigenvalue weighted by Gasteiger charge is 2.33. The first-order valence-electron chi connectivity index (χ1n) is 25.1. The van der Waals surface area contributed by atoms with Crippen LogP contribution in [0.4, 0.5) is 4.79 Å². The molecule has 2 aliphatic rings. The minimum atomic E-state index is -1.30. The number of aliphatic carboxylic acids is 1. The van der Waals surface area contributed by atoms with Gasteiger partial charge in [-0.3, -0.25) is 33.6 Å². The van der Waals surface area contributed by atoms with Gasteiger partial charge in [-0.1, -0.05) is 117 Å². The molecule has 0 bridgehead atoms. The topological polar surface area (TPSA) is 323 Å². The molecule has 404 valence electrons. The molecule has 9 atom stereocenters. The van der Waals surface area contributed by atoms with Gasteiger partial charge in [0.2, 0.25) is 41.4 Å². The van der Waals surface area contributed by atoms with Crippen LogP contribution in [0.1, 0.15) is 120 Å². The van der Waals surface area contributed by atoms with Crippen molar-refractivity contribution in [2.24, 2.45) is 17.8 Å². The van der Waals surface area contributed by atoms with Crippen LogP contribution < -0.4 is 47.9 Å². The van der Waals surface area contributed by atoms with Crippen LogP contribution in [-0.4, -0.2) is 136 Å². The van der Waals surface area contributed by atoms with Crippen molar-refractivity contribution in [3.63, 3.8) is 0 Å². The molecule has 0 saturated carbocycles. The molecule has 2 heterocycles. The molecular weight excluding hydrogens is 931 g/mol. The Morgan fingerprint density at radius 3 is 1.96 bits per heavy atom. The second-order valence-corrected chi connectivity index (χ2v) is 18.9. The zero-order valence-electron chi connectivity index (χ0n) is 43.5. The highest BCUT2D eigenvalue weighted by molar-refractivity contribution is 5.96. The molecule has 0 aromatic rings. The number of unbranched alkanes of at least 4 members (excludes halogenated alkanes) is 5. The number of carbonyl (C=O) groups is 9. The van der Waals surface area contributed by atoms with Gasteiger partial charge in [0, 0.05) is 49.8 Å². The monoisotopic (exact) mass is 1010 g/mol. The lowest BCUT2D eigenvalue weighted by Gasteiger charge is -2.27. The van der Waals surface area contributed by atoms with Crippen LogP contribution in [-0.2, 0) is 38.4 Å². The molecule has 0 unspecified atom stereocenters. The lowest BCUT2D eigenvalue weighted by molar-refractivity contribution is -0.140. The number of amides is 9. The first kappa shape index (κ1) is 63.7. The predicted octanol–water partition coefficient (Wildman–Crippen LogP) is 1.82. The highest BCUT2D eigenvalue weighted by atomic mass is 16.4. The molecule has 21 nitrogen and oxygen atoms in total. The summed E-state index contributed by atoms with van der Waals surface area (Å²) in [5.41, 5.74) is 0. The second-order valence-electron chi connectivity index (χ2n) is 18.9. The zero-order valence-corrected chi connectivity index (χ0v) is 43.5. The third-order valence-corrected chi connectivity index (χ3v) is 11.3. The van der Waals surface area contributed by atoms with Crippen molar-refractivity contribution < 1.29 is 58.5 Å². The maximum absolute atomic E-state index is 13.1. The Morgan fingerprint density at radius 2 is 1.35 bits per heavy atom. The van der Waals surface area contributed by atoms with Crippen molar-refractivity contribution in [3.8, 4) is 0 Å². The Labute approximate surface area is 424 Å². The fourth-order valence-electron chi connectivity index (χ4n) is 6.97. The van der Waals surface area contributed by atoms with Crippen LogP contribution >= 0.6 is 0 Å². The Bertz CT molecular complexity index is 1930. The van der Waals surface area contributed by atoms with Gasteiger partial charge in [0.25, 0.3) is 0 Å². The molecule has 0 radical (unpaired) electrons. The minimum Gasteiger partial charge on any atom is -0.480 e. The lowest BCUT2D eigenvalue weighted by atomic mass is 10.0. The van der Waals surface area contributed by atoms with Crippen molar-refractivity contribution in [3.05, 3.63) is 60.8 Å². The van der Waals surface area contributed by atoms with Crippen LogP contribution in [0.2, 0.25) is 0 Å². The molecule has 2 rings (SSSR count). The van der Waals surface area contributed by atoms with Crippen LogP contribution in [0.15, 0.2) is 60.8 Å². The summed E-state index contributed by atoms with van der Waals surface area (Å²) in [6.45, 7) is 16.3. The average molecular weight is 1010 g/mol. The number of hydrogen-bond donors (Lipinski definition) is 12. The quantitative estimate of drug-likeness (QED) is 0.0360. The lowest BCUT2D eigenvalue weighted by Crippen LogP contribution is -2.58. The molecule has 2 aliphatic heterocycles. The third-order valence-electron chi connectivity index (χ3n) is 11.3. The zero-order chi connectivity index (χ0) is 54.3. The molecule has 0 aromatic heterocycles. The standard InChI is InChI=1S/C27H44N4O6.C24H39N5O6/c1-4-5-6-7-8-9-10-11-12-13-24(35)31-25(20(3)32)27(37)30-22-18-21(33)16-17-28-23(34)15-14-19(2)29-26(22)36;1-13(2)16-10-11-18(30)25-12-8-7-9-17(21(31)26-16)27-22(32)19(14(3)4)28-24(35)29-20(15(5)6)23(33)34/h10-15,19-22,25,32-33H,4-9,16-18H2,1-3H3,(H,28,34)(H,29,36)(H,30,37)(H,31,35);7,9-11,13-17,19-20H,8,12H2,1-6H3,(H,25,30)(H,26,31)(H,27,32)(H,33,34)(H2,28,29,35)/b11-10+,13-12+,15-14+;9-7+,11-10+/t19-,20+,21-,22-,25-;16-,17+,19+,20+/m01/s1. The van der Waals surface area contributed by atoms with E-state index < -0.39 is 96.0 Å². The van der Waals surface area contributed by atoms with E-state index in [1.165, 1.54) is 56.9 Å². The number of hydrogen-bond acceptors (Lipinski definition) is 11. The van der Waals surface area contributed by atoms with E-state index in [1.807, 2.05) is 19.9 Å². The van der Waals surface area contributed by atoms with Gasteiger partial charge >= 0.3 is 12.0 Å². The molecule has 0 aromatic carbocycles. The summed E-state index contributed by atoms with van der Waals surface area (Å²) in [6, 6.07) is -7.29. The number of aliphatic hydroxyl groups excluding tert-OH is 2. The number of urea groups is 1. The Balaban J connectivity index is 0.000000721. The molecule has 21 heteroatoms. The fraction of sp³-hybridized carbons (Fsp3) is 0.627. The fourth-order valence-corrected chi connectivity index (χ4v) is 6.97. The summed E-state index contributed by atoms with van der Waals surface area (Å²) in [6.07, 6.45) is 20.8. The van der Waals surface area contributed by atoms with Gasteiger partial charge in [-0.2, -0.15) is 0 Å². The number of nitrogens with one attached hydrogen (secondary N) is 9. The summed E-state index contributed by atoms with van der Waals surface area (Å²) in [5, 5.41) is 53.2. The first-order valence-corrected chi connectivity index (χ1v) is 25.1. The van der Waals surface area contributed by atoms with E-state index in [-0.39, 0.29) is 49.0 Å². The van der Waals surface area contributed by atoms with Crippen molar-refractivity contribution in [1.29, 1.82) is 0 Å². The summed E-state index contributed by atoms with van der Waals surface area (Å²) >= 11 is 0. The van der Waals surface area contributed by atoms with E-state index in [0.717, 1.165) is 12.8 Å². The highest BCUT2D eigenvalue weighted by Crippen LogP contribution is 2.10. The number of carboxylic acid groups (broad SMARTS) is 1. The SMILES string of the molecule is CC(C)[C@H](NC(=O)N[C@H](C(=O)N[C@H]1/C=C/CCNC(=O)/C=C/[C@H](C(C)C)NC1=O)C(C)C)C(=O)O.CCCCCCC/C=C/C=C/C(=O)N[C@H](C(=O)N[C@H]1C[C@@H](O)CCNC(=O)/C=C/[C@H](C)NC1=O)[C@@H](C)O. The van der Waals surface area contributed by atoms with E-state index >= 15 is 0 Å². The Kier molecular flexibility index (Phi) is 30.8. The number of aliphatic hydroxyl groups is 2. The largest absolute Gasteiger partial charge is 0.480 e. The normalized spacial score (nSPS) is 23.3. The van der Waals surface area contributed by atoms with Gasteiger partial charge < -0.3 is 63.2 Å². The Hall–Kier alpha value is -6.35. The number of rotatable bonds is 20. The maximum atomic E-state index is 13.1. The maximum Gasteiger partial charge on any atom is 0.326 e. The smallest absolute Gasteiger partial charge is 0.326 e. The van der Waals surface area contributed by atoms with E-state index in [2.05, 4.69) is 54.8 Å². The molecule has 12 N–H and O–H groups in total. The summed E-state index contributed by atoms with van der Waals surface area (Å²) in [7, 11) is 0. The summed E-state index contributed by atoms with van der Waals surface area (Å²) in [5.74, 6) is -5.40. The van der Waals surface area contributed by atoms with E-state index in [4.69, 9.17) is 0 Å². The second kappa shape index (κ2) is 34.9. The van der Waals surface area contributed by atoms with Gasteiger partial charge in [0.1, 0.15) is 30.2 Å². The van der Waals surface area contributed by atoms with Gasteiger partial charge in [-0.25, -0.2) is 9.59 Å². The van der Waals surface area contributed by atoms with E-state index in [1.54, 1.807) is 65.0 Å². The van der Waals surface area contributed by atoms with Gasteiger partial charge in [0.15, 0.2) is 0 Å². The molecule has 72 heavy (non-hydrogen) atoms. The van der Waals surface area contributed by atoms with E-state index in [9.17, 15) is 58.5 Å². The average Bonchev–Trinajstić information content (AvgIpc) is 3.29. The van der Waals surface area contributed by atoms with E-state index in [0.29, 0.717) is 13.0 Å². The van der Waals surface area contributed by atoms with Gasteiger partial charge in [0.05, 0.1) is 12.2 Å². The van der Waals surface area contributed by atoms with Crippen molar-refractivity contribution >= 4 is 53.4 Å². The van der Waals surface area contributed by atoms with Crippen molar-refractivity contribution in [2.45, 2.75) is 175 Å². The van der Waals surface area contributed by atoms with Crippen molar-refractivity contribution in [2.75, 3.05) is 13.1 Å². The first-order chi connectivity index (χ1) is 34.0. The van der Waals surface area contributed by atoms with Crippen LogP contribution in [0.5, 0.6) is 0 Å². The predicted molar refractivity (Wildman–Crippen MR) is 273 cm³/mol.